The van der Waals surface area contributed by atoms with Crippen LogP contribution in [0.3, 0.4) is 0 Å². The first-order valence-electron chi connectivity index (χ1n) is 10.0. The Bertz CT molecular complexity index is 1230. The van der Waals surface area contributed by atoms with Gasteiger partial charge in [0.05, 0.1) is 21.4 Å². The summed E-state index contributed by atoms with van der Waals surface area (Å²) >= 11 is 0. The van der Waals surface area contributed by atoms with Gasteiger partial charge in [0.15, 0.2) is 19.7 Å². The fraction of sp³-hybridized carbons (Fsp3) is 0.364. The second kappa shape index (κ2) is 9.40. The molecule has 8 nitrogen and oxygen atoms in total. The molecule has 1 aliphatic rings. The number of hydrogen-bond donors (Lipinski definition) is 0. The molecular weight excluding hydrogens is 450 g/mol. The molecule has 0 spiro atoms. The SMILES string of the molecule is CS(=O)(=O)c1cc(C(=O)N2CCCN(Cc3cccc(C#N)c3)CC2)cc(S(C)(=O)=O)c1. The summed E-state index contributed by atoms with van der Waals surface area (Å²) in [5.41, 5.74) is 1.66. The van der Waals surface area contributed by atoms with Gasteiger partial charge < -0.3 is 4.90 Å². The summed E-state index contributed by atoms with van der Waals surface area (Å²) < 4.78 is 48.1. The Morgan fingerprint density at radius 1 is 0.938 bits per heavy atom. The van der Waals surface area contributed by atoms with Crippen LogP contribution in [0, 0.1) is 11.3 Å². The van der Waals surface area contributed by atoms with Crippen molar-refractivity contribution >= 4 is 25.6 Å². The monoisotopic (exact) mass is 475 g/mol. The van der Waals surface area contributed by atoms with Gasteiger partial charge in [0.1, 0.15) is 0 Å². The maximum absolute atomic E-state index is 13.1. The van der Waals surface area contributed by atoms with E-state index in [0.717, 1.165) is 30.7 Å². The fourth-order valence-electron chi connectivity index (χ4n) is 3.64. The maximum atomic E-state index is 13.1. The molecule has 2 aromatic carbocycles. The molecule has 0 bridgehead atoms. The van der Waals surface area contributed by atoms with Gasteiger partial charge in [0.25, 0.3) is 5.91 Å². The normalized spacial score (nSPS) is 15.7. The van der Waals surface area contributed by atoms with E-state index in [9.17, 15) is 21.6 Å². The predicted molar refractivity (Wildman–Crippen MR) is 120 cm³/mol. The number of benzene rings is 2. The Morgan fingerprint density at radius 2 is 1.59 bits per heavy atom. The largest absolute Gasteiger partial charge is 0.337 e. The highest BCUT2D eigenvalue weighted by Gasteiger charge is 2.24. The maximum Gasteiger partial charge on any atom is 0.253 e. The Morgan fingerprint density at radius 3 is 2.19 bits per heavy atom. The van der Waals surface area contributed by atoms with E-state index in [2.05, 4.69) is 11.0 Å². The molecule has 0 aromatic heterocycles. The van der Waals surface area contributed by atoms with Crippen molar-refractivity contribution in [1.29, 1.82) is 5.26 Å². The van der Waals surface area contributed by atoms with Crippen molar-refractivity contribution in [2.45, 2.75) is 22.8 Å². The molecule has 2 aromatic rings. The first kappa shape index (κ1) is 23.9. The number of rotatable bonds is 5. The molecule has 0 atom stereocenters. The number of carbonyl (C=O) groups is 1. The number of amides is 1. The average Bonchev–Trinajstić information content (AvgIpc) is 2.97. The summed E-state index contributed by atoms with van der Waals surface area (Å²) in [7, 11) is -7.39. The van der Waals surface area contributed by atoms with Crippen LogP contribution < -0.4 is 0 Å². The summed E-state index contributed by atoms with van der Waals surface area (Å²) in [6.07, 6.45) is 2.68. The molecule has 1 heterocycles. The second-order valence-electron chi connectivity index (χ2n) is 7.97. The van der Waals surface area contributed by atoms with Gasteiger partial charge in [-0.15, -0.1) is 0 Å². The summed E-state index contributed by atoms with van der Waals surface area (Å²) in [6, 6.07) is 13.1. The van der Waals surface area contributed by atoms with Crippen molar-refractivity contribution < 1.29 is 21.6 Å². The van der Waals surface area contributed by atoms with Crippen molar-refractivity contribution in [2.75, 3.05) is 38.7 Å². The van der Waals surface area contributed by atoms with Crippen LogP contribution >= 0.6 is 0 Å². The molecular formula is C22H25N3O5S2. The van der Waals surface area contributed by atoms with Gasteiger partial charge >= 0.3 is 0 Å². The zero-order valence-electron chi connectivity index (χ0n) is 18.0. The molecule has 3 rings (SSSR count). The Kier molecular flexibility index (Phi) is 7.03. The quantitative estimate of drug-likeness (QED) is 0.646. The minimum absolute atomic E-state index is 0.0449. The minimum atomic E-state index is -3.70. The van der Waals surface area contributed by atoms with Gasteiger partial charge in [0, 0.05) is 50.8 Å². The average molecular weight is 476 g/mol. The molecule has 0 unspecified atom stereocenters. The van der Waals surface area contributed by atoms with E-state index in [-0.39, 0.29) is 15.4 Å². The molecule has 10 heteroatoms. The van der Waals surface area contributed by atoms with Gasteiger partial charge in [0.2, 0.25) is 0 Å². The Labute approximate surface area is 188 Å². The summed E-state index contributed by atoms with van der Waals surface area (Å²) in [5, 5.41) is 9.07. The van der Waals surface area contributed by atoms with Gasteiger partial charge in [-0.2, -0.15) is 5.26 Å². The van der Waals surface area contributed by atoms with Crippen LogP contribution in [0.4, 0.5) is 0 Å². The first-order valence-corrected chi connectivity index (χ1v) is 13.8. The van der Waals surface area contributed by atoms with Gasteiger partial charge in [-0.1, -0.05) is 12.1 Å². The van der Waals surface area contributed by atoms with Crippen LogP contribution in [0.25, 0.3) is 0 Å². The number of hydrogen-bond acceptors (Lipinski definition) is 7. The zero-order valence-corrected chi connectivity index (χ0v) is 19.6. The highest BCUT2D eigenvalue weighted by Crippen LogP contribution is 2.21. The predicted octanol–water partition coefficient (Wildman–Crippen LogP) is 1.71. The van der Waals surface area contributed by atoms with Crippen LogP contribution in [0.1, 0.15) is 27.9 Å². The molecule has 1 saturated heterocycles. The first-order chi connectivity index (χ1) is 15.0. The molecule has 0 saturated carbocycles. The highest BCUT2D eigenvalue weighted by atomic mass is 32.2. The van der Waals surface area contributed by atoms with Crippen molar-refractivity contribution in [3.63, 3.8) is 0 Å². The van der Waals surface area contributed by atoms with Crippen molar-refractivity contribution in [3.05, 3.63) is 59.2 Å². The molecule has 170 valence electrons. The van der Waals surface area contributed by atoms with Gasteiger partial charge in [-0.05, 0) is 42.3 Å². The lowest BCUT2D eigenvalue weighted by atomic mass is 10.1. The van der Waals surface area contributed by atoms with Crippen LogP contribution in [0.2, 0.25) is 0 Å². The number of sulfone groups is 2. The molecule has 0 aliphatic carbocycles. The second-order valence-corrected chi connectivity index (χ2v) is 12.0. The van der Waals surface area contributed by atoms with E-state index in [1.807, 2.05) is 18.2 Å². The van der Waals surface area contributed by atoms with E-state index in [0.29, 0.717) is 38.2 Å². The Hall–Kier alpha value is -2.74. The molecule has 0 radical (unpaired) electrons. The van der Waals surface area contributed by atoms with Crippen LogP contribution in [0.5, 0.6) is 0 Å². The molecule has 32 heavy (non-hydrogen) atoms. The lowest BCUT2D eigenvalue weighted by molar-refractivity contribution is 0.0760. The van der Waals surface area contributed by atoms with Crippen molar-refractivity contribution in [1.82, 2.24) is 9.80 Å². The minimum Gasteiger partial charge on any atom is -0.337 e. The van der Waals surface area contributed by atoms with Crippen LogP contribution in [0.15, 0.2) is 52.3 Å². The molecule has 1 fully saturated rings. The number of nitrogens with zero attached hydrogens (tertiary/aromatic N) is 3. The van der Waals surface area contributed by atoms with Crippen molar-refractivity contribution in [3.8, 4) is 6.07 Å². The third kappa shape index (κ3) is 5.94. The molecule has 0 N–H and O–H groups in total. The van der Waals surface area contributed by atoms with Gasteiger partial charge in [-0.25, -0.2) is 16.8 Å². The van der Waals surface area contributed by atoms with Crippen molar-refractivity contribution in [2.24, 2.45) is 0 Å². The van der Waals surface area contributed by atoms with E-state index < -0.39 is 25.6 Å². The van der Waals surface area contributed by atoms with Gasteiger partial charge in [-0.3, -0.25) is 9.69 Å². The third-order valence-corrected chi connectivity index (χ3v) is 7.51. The number of carbonyl (C=O) groups excluding carboxylic acids is 1. The molecule has 1 aliphatic heterocycles. The lowest BCUT2D eigenvalue weighted by Gasteiger charge is -2.22. The highest BCUT2D eigenvalue weighted by molar-refractivity contribution is 7.91. The smallest absolute Gasteiger partial charge is 0.253 e. The standard InChI is InChI=1S/C22H25N3O5S2/c1-31(27,28)20-12-19(13-21(14-20)32(2,29)30)22(26)25-8-4-7-24(9-10-25)16-18-6-3-5-17(11-18)15-23/h3,5-6,11-14H,4,7-10,16H2,1-2H3. The topological polar surface area (TPSA) is 116 Å². The summed E-state index contributed by atoms with van der Waals surface area (Å²) in [5.74, 6) is -0.395. The Balaban J connectivity index is 1.79. The van der Waals surface area contributed by atoms with E-state index in [1.54, 1.807) is 11.0 Å². The van der Waals surface area contributed by atoms with Crippen LogP contribution in [-0.2, 0) is 26.2 Å². The van der Waals surface area contributed by atoms with Crippen LogP contribution in [-0.4, -0.2) is 71.2 Å². The third-order valence-electron chi connectivity index (χ3n) is 5.32. The molecule has 1 amide bonds. The number of nitriles is 1. The fourth-order valence-corrected chi connectivity index (χ4v) is 5.07. The van der Waals surface area contributed by atoms with E-state index in [4.69, 9.17) is 5.26 Å². The lowest BCUT2D eigenvalue weighted by Crippen LogP contribution is -2.35. The van der Waals surface area contributed by atoms with E-state index in [1.165, 1.54) is 12.1 Å². The summed E-state index contributed by atoms with van der Waals surface area (Å²) in [4.78, 5) is 16.6. The van der Waals surface area contributed by atoms with E-state index >= 15 is 0 Å². The summed E-state index contributed by atoms with van der Waals surface area (Å²) in [6.45, 7) is 2.92. The zero-order chi connectivity index (χ0) is 23.5.